The monoisotopic (exact) mass is 265 g/mol. The molecule has 0 aromatic heterocycles. The summed E-state index contributed by atoms with van der Waals surface area (Å²) in [6.07, 6.45) is 0. The van der Waals surface area contributed by atoms with E-state index in [1.807, 2.05) is 12.1 Å². The van der Waals surface area contributed by atoms with Crippen LogP contribution in [0.1, 0.15) is 11.1 Å². The Balaban J connectivity index is 2.10. The van der Waals surface area contributed by atoms with E-state index < -0.39 is 0 Å². The number of hydrogen-bond donors (Lipinski definition) is 1. The van der Waals surface area contributed by atoms with E-state index >= 15 is 0 Å². The minimum atomic E-state index is -0.290. The SMILES string of the molecule is NCc1cc(F)ccc1COc1cccc(Cl)c1. The molecule has 0 aliphatic carbocycles. The fraction of sp³-hybridized carbons (Fsp3) is 0.143. The van der Waals surface area contributed by atoms with Crippen molar-refractivity contribution in [1.29, 1.82) is 0 Å². The normalized spacial score (nSPS) is 10.4. The van der Waals surface area contributed by atoms with Gasteiger partial charge in [-0.25, -0.2) is 4.39 Å². The van der Waals surface area contributed by atoms with Gasteiger partial charge < -0.3 is 10.5 Å². The van der Waals surface area contributed by atoms with Crippen LogP contribution in [0.4, 0.5) is 4.39 Å². The Morgan fingerprint density at radius 2 is 1.94 bits per heavy atom. The maximum absolute atomic E-state index is 13.0. The molecule has 0 atom stereocenters. The van der Waals surface area contributed by atoms with E-state index in [2.05, 4.69) is 0 Å². The molecule has 0 unspecified atom stereocenters. The van der Waals surface area contributed by atoms with Crippen molar-refractivity contribution >= 4 is 11.6 Å². The van der Waals surface area contributed by atoms with E-state index in [-0.39, 0.29) is 12.4 Å². The van der Waals surface area contributed by atoms with Gasteiger partial charge in [0.1, 0.15) is 18.2 Å². The number of nitrogens with two attached hydrogens (primary N) is 1. The van der Waals surface area contributed by atoms with Crippen molar-refractivity contribution in [3.05, 3.63) is 64.4 Å². The van der Waals surface area contributed by atoms with Crippen molar-refractivity contribution in [3.8, 4) is 5.75 Å². The highest BCUT2D eigenvalue weighted by molar-refractivity contribution is 6.30. The molecule has 2 aromatic carbocycles. The van der Waals surface area contributed by atoms with Gasteiger partial charge in [0.05, 0.1) is 0 Å². The Kier molecular flexibility index (Phi) is 4.18. The van der Waals surface area contributed by atoms with Gasteiger partial charge in [-0.2, -0.15) is 0 Å². The molecule has 0 aliphatic rings. The molecule has 2 N–H and O–H groups in total. The first-order valence-electron chi connectivity index (χ1n) is 5.55. The largest absolute Gasteiger partial charge is 0.489 e. The average Bonchev–Trinajstić information content (AvgIpc) is 2.37. The standard InChI is InChI=1S/C14H13ClFNO/c15-12-2-1-3-14(7-12)18-9-10-4-5-13(16)6-11(10)8-17/h1-7H,8-9,17H2. The lowest BCUT2D eigenvalue weighted by molar-refractivity contribution is 0.305. The van der Waals surface area contributed by atoms with Gasteiger partial charge in [0, 0.05) is 11.6 Å². The molecule has 0 spiro atoms. The second-order valence-corrected chi connectivity index (χ2v) is 4.30. The highest BCUT2D eigenvalue weighted by atomic mass is 35.5. The molecule has 94 valence electrons. The van der Waals surface area contributed by atoms with Crippen LogP contribution in [0.25, 0.3) is 0 Å². The van der Waals surface area contributed by atoms with Gasteiger partial charge in [-0.15, -0.1) is 0 Å². The third-order valence-electron chi connectivity index (χ3n) is 2.58. The van der Waals surface area contributed by atoms with Gasteiger partial charge in [-0.1, -0.05) is 23.7 Å². The van der Waals surface area contributed by atoms with Gasteiger partial charge in [0.15, 0.2) is 0 Å². The van der Waals surface area contributed by atoms with Crippen molar-refractivity contribution < 1.29 is 9.13 Å². The molecule has 2 rings (SSSR count). The van der Waals surface area contributed by atoms with Crippen LogP contribution >= 0.6 is 11.6 Å². The Morgan fingerprint density at radius 1 is 1.11 bits per heavy atom. The maximum Gasteiger partial charge on any atom is 0.123 e. The van der Waals surface area contributed by atoms with E-state index in [4.69, 9.17) is 22.1 Å². The molecule has 18 heavy (non-hydrogen) atoms. The summed E-state index contributed by atoms with van der Waals surface area (Å²) in [4.78, 5) is 0. The van der Waals surface area contributed by atoms with Crippen LogP contribution in [0.3, 0.4) is 0 Å². The Bertz CT molecular complexity index is 545. The first-order valence-corrected chi connectivity index (χ1v) is 5.92. The lowest BCUT2D eigenvalue weighted by atomic mass is 10.1. The molecule has 0 bridgehead atoms. The lowest BCUT2D eigenvalue weighted by Gasteiger charge is -2.10. The van der Waals surface area contributed by atoms with E-state index in [0.717, 1.165) is 11.1 Å². The van der Waals surface area contributed by atoms with Crippen molar-refractivity contribution in [2.24, 2.45) is 5.73 Å². The number of halogens is 2. The van der Waals surface area contributed by atoms with Gasteiger partial charge in [0.25, 0.3) is 0 Å². The van der Waals surface area contributed by atoms with Crippen LogP contribution in [0, 0.1) is 5.82 Å². The highest BCUT2D eigenvalue weighted by Crippen LogP contribution is 2.19. The minimum Gasteiger partial charge on any atom is -0.489 e. The predicted molar refractivity (Wildman–Crippen MR) is 70.1 cm³/mol. The summed E-state index contributed by atoms with van der Waals surface area (Å²) in [5.74, 6) is 0.386. The second-order valence-electron chi connectivity index (χ2n) is 3.86. The molecule has 0 heterocycles. The summed E-state index contributed by atoms with van der Waals surface area (Å²) in [7, 11) is 0. The molecule has 2 aromatic rings. The lowest BCUT2D eigenvalue weighted by Crippen LogP contribution is -2.05. The predicted octanol–water partition coefficient (Wildman–Crippen LogP) is 3.52. The molecule has 4 heteroatoms. The van der Waals surface area contributed by atoms with E-state index in [9.17, 15) is 4.39 Å². The Morgan fingerprint density at radius 3 is 2.67 bits per heavy atom. The average molecular weight is 266 g/mol. The summed E-state index contributed by atoms with van der Waals surface area (Å²) in [6.45, 7) is 0.624. The van der Waals surface area contributed by atoms with Gasteiger partial charge >= 0.3 is 0 Å². The first-order chi connectivity index (χ1) is 8.69. The van der Waals surface area contributed by atoms with Crippen LogP contribution in [-0.2, 0) is 13.2 Å². The van der Waals surface area contributed by atoms with Gasteiger partial charge in [-0.05, 0) is 41.5 Å². The summed E-state index contributed by atoms with van der Waals surface area (Å²) in [5, 5.41) is 0.616. The summed E-state index contributed by atoms with van der Waals surface area (Å²) >= 11 is 5.86. The summed E-state index contributed by atoms with van der Waals surface area (Å²) < 4.78 is 18.6. The van der Waals surface area contributed by atoms with E-state index in [1.165, 1.54) is 12.1 Å². The molecule has 0 aliphatic heterocycles. The minimum absolute atomic E-state index is 0.284. The molecule has 0 radical (unpaired) electrons. The number of rotatable bonds is 4. The van der Waals surface area contributed by atoms with Crippen LogP contribution in [0.2, 0.25) is 5.02 Å². The zero-order valence-corrected chi connectivity index (χ0v) is 10.5. The van der Waals surface area contributed by atoms with Crippen LogP contribution in [-0.4, -0.2) is 0 Å². The van der Waals surface area contributed by atoms with E-state index in [0.29, 0.717) is 17.4 Å². The van der Waals surface area contributed by atoms with Gasteiger partial charge in [-0.3, -0.25) is 0 Å². The molecule has 0 amide bonds. The molecule has 0 fully saturated rings. The first kappa shape index (κ1) is 12.9. The highest BCUT2D eigenvalue weighted by Gasteiger charge is 2.04. The fourth-order valence-corrected chi connectivity index (χ4v) is 1.82. The third kappa shape index (κ3) is 3.22. The number of hydrogen-bond acceptors (Lipinski definition) is 2. The summed E-state index contributed by atoms with van der Waals surface area (Å²) in [6, 6.07) is 11.6. The second kappa shape index (κ2) is 5.85. The van der Waals surface area contributed by atoms with Crippen molar-refractivity contribution in [1.82, 2.24) is 0 Å². The quantitative estimate of drug-likeness (QED) is 0.918. The maximum atomic E-state index is 13.0. The van der Waals surface area contributed by atoms with Crippen LogP contribution in [0.5, 0.6) is 5.75 Å². The van der Waals surface area contributed by atoms with Crippen LogP contribution in [0.15, 0.2) is 42.5 Å². The molecule has 2 nitrogen and oxygen atoms in total. The van der Waals surface area contributed by atoms with Gasteiger partial charge in [0.2, 0.25) is 0 Å². The van der Waals surface area contributed by atoms with Crippen LogP contribution < -0.4 is 10.5 Å². The topological polar surface area (TPSA) is 35.2 Å². The molecular weight excluding hydrogens is 253 g/mol. The number of benzene rings is 2. The van der Waals surface area contributed by atoms with E-state index in [1.54, 1.807) is 18.2 Å². The van der Waals surface area contributed by atoms with Crippen molar-refractivity contribution in [3.63, 3.8) is 0 Å². The van der Waals surface area contributed by atoms with Crippen molar-refractivity contribution in [2.75, 3.05) is 0 Å². The molecule has 0 saturated carbocycles. The number of ether oxygens (including phenoxy) is 1. The Labute approximate surface area is 110 Å². The molecular formula is C14H13ClFNO. The zero-order valence-electron chi connectivity index (χ0n) is 9.70. The van der Waals surface area contributed by atoms with Crippen molar-refractivity contribution in [2.45, 2.75) is 13.2 Å². The Hall–Kier alpha value is -1.58. The third-order valence-corrected chi connectivity index (χ3v) is 2.81. The summed E-state index contributed by atoms with van der Waals surface area (Å²) in [5.41, 5.74) is 7.19. The fourth-order valence-electron chi connectivity index (χ4n) is 1.64. The smallest absolute Gasteiger partial charge is 0.123 e. The zero-order chi connectivity index (χ0) is 13.0. The molecule has 0 saturated heterocycles.